The summed E-state index contributed by atoms with van der Waals surface area (Å²) >= 11 is 0. The van der Waals surface area contributed by atoms with Crippen LogP contribution in [0, 0.1) is 0 Å². The predicted molar refractivity (Wildman–Crippen MR) is 106 cm³/mol. The van der Waals surface area contributed by atoms with Crippen LogP contribution < -0.4 is 0 Å². The molecule has 0 unspecified atom stereocenters. The van der Waals surface area contributed by atoms with Crippen LogP contribution in [0.1, 0.15) is 0 Å². The molecule has 1 rings (SSSR count). The number of halogens is 4. The van der Waals surface area contributed by atoms with Crippen molar-refractivity contribution in [2.45, 2.75) is 0 Å². The summed E-state index contributed by atoms with van der Waals surface area (Å²) in [6.45, 7) is 0. The van der Waals surface area contributed by atoms with Gasteiger partial charge in [0.25, 0.3) is 0 Å². The standard InChI is InChI=1S/C8H32N4Si4.4ClH.Co/c1-9(2)13-10(3,4)15-12(7,8)16-11(5,6)14-9;;;;;/h13-16H2,1-8H3;4*1H;/q+4;;;;;+4/p-4. The van der Waals surface area contributed by atoms with E-state index in [-0.39, 0.29) is 39.4 Å². The zero-order chi connectivity index (χ0) is 17.3. The van der Waals surface area contributed by atoms with Crippen LogP contribution in [0.2, 0.25) is 0 Å². The molecule has 4 nitrogen and oxygen atoms in total. The van der Waals surface area contributed by atoms with Crippen molar-refractivity contribution in [2.75, 3.05) is 56.4 Å². The fourth-order valence-electron chi connectivity index (χ4n) is 4.32. The maximum atomic E-state index is 4.94. The van der Waals surface area contributed by atoms with Gasteiger partial charge < -0.3 is 15.3 Å². The van der Waals surface area contributed by atoms with Crippen LogP contribution in [0.4, 0.5) is 0 Å². The van der Waals surface area contributed by atoms with Crippen molar-refractivity contribution in [2.24, 2.45) is 0 Å². The van der Waals surface area contributed by atoms with Gasteiger partial charge in [-0.2, -0.15) is 0 Å². The SMILES string of the molecule is C[N+]1(C)[SiH2][N+](C)(C)[SiH2][N+](C)(C)[SiH2][N+](C)(C)[SiH2]1.[Cl][Co]([Cl])([Cl])[Cl]. The van der Waals surface area contributed by atoms with E-state index in [1.165, 1.54) is 15.3 Å². The van der Waals surface area contributed by atoms with Crippen molar-refractivity contribution in [3.63, 3.8) is 0 Å². The van der Waals surface area contributed by atoms with Gasteiger partial charge in [0.05, 0.1) is 0 Å². The normalized spacial score (nSPS) is 32.2. The summed E-state index contributed by atoms with van der Waals surface area (Å²) in [4.78, 5) is 0. The van der Waals surface area contributed by atoms with Crippen molar-refractivity contribution < 1.29 is 24.3 Å². The summed E-state index contributed by atoms with van der Waals surface area (Å²) in [5.74, 6) is 0. The molecular formula is C8H32Cl4CoN4Si4+4. The molecule has 0 aromatic carbocycles. The molecule has 0 amide bonds. The molecule has 21 heavy (non-hydrogen) atoms. The quantitative estimate of drug-likeness (QED) is 0.379. The van der Waals surface area contributed by atoms with Gasteiger partial charge in [0.1, 0.15) is 0 Å². The zero-order valence-corrected chi connectivity index (χ0v) is 24.2. The van der Waals surface area contributed by atoms with Crippen LogP contribution in [0.15, 0.2) is 0 Å². The summed E-state index contributed by atoms with van der Waals surface area (Å²) in [7, 11) is 37.3. The second kappa shape index (κ2) is 7.73. The van der Waals surface area contributed by atoms with Gasteiger partial charge in [-0.1, -0.05) is 0 Å². The first-order valence-electron chi connectivity index (χ1n) is 6.61. The van der Waals surface area contributed by atoms with Crippen LogP contribution in [0.3, 0.4) is 0 Å². The van der Waals surface area contributed by atoms with E-state index in [9.17, 15) is 0 Å². The Kier molecular flexibility index (Phi) is 8.60. The van der Waals surface area contributed by atoms with Crippen molar-refractivity contribution >= 4 is 80.0 Å². The molecule has 0 N–H and O–H groups in total. The summed E-state index contributed by atoms with van der Waals surface area (Å²) in [6, 6.07) is 0. The molecule has 1 saturated heterocycles. The summed E-state index contributed by atoms with van der Waals surface area (Å²) < 4.78 is 5.78. The van der Waals surface area contributed by atoms with Crippen molar-refractivity contribution in [1.82, 2.24) is 0 Å². The molecular weight excluding hydrogens is 465 g/mol. The van der Waals surface area contributed by atoms with E-state index in [0.717, 1.165) is 0 Å². The molecule has 0 bridgehead atoms. The number of hydrogen-bond acceptors (Lipinski definition) is 0. The van der Waals surface area contributed by atoms with Crippen molar-refractivity contribution in [3.8, 4) is 0 Å². The molecule has 0 aromatic rings. The van der Waals surface area contributed by atoms with E-state index in [0.29, 0.717) is 0 Å². The Morgan fingerprint density at radius 3 is 0.667 bits per heavy atom. The zero-order valence-electron chi connectivity index (χ0n) is 14.5. The Morgan fingerprint density at radius 2 is 0.571 bits per heavy atom. The van der Waals surface area contributed by atoms with Crippen molar-refractivity contribution in [1.29, 1.82) is 0 Å². The van der Waals surface area contributed by atoms with Gasteiger partial charge in [-0.15, -0.1) is 0 Å². The minimum absolute atomic E-state index is 0.0408. The average Bonchev–Trinajstić information content (AvgIpc) is 1.83. The van der Waals surface area contributed by atoms with E-state index in [2.05, 4.69) is 56.4 Å². The van der Waals surface area contributed by atoms with E-state index in [1.807, 2.05) is 0 Å². The molecule has 0 atom stereocenters. The van der Waals surface area contributed by atoms with Gasteiger partial charge in [0.2, 0.25) is 0 Å². The molecule has 0 aromatic heterocycles. The third-order valence-electron chi connectivity index (χ3n) is 3.06. The van der Waals surface area contributed by atoms with Crippen LogP contribution in [0.25, 0.3) is 0 Å². The average molecular weight is 497 g/mol. The number of nitrogens with zero attached hydrogens (tertiary/aromatic N) is 4. The Morgan fingerprint density at radius 1 is 0.476 bits per heavy atom. The molecule has 1 heterocycles. The molecule has 0 saturated carbocycles. The maximum absolute atomic E-state index is 4.94. The Hall–Kier alpha value is 2.37. The third kappa shape index (κ3) is 13.4. The van der Waals surface area contributed by atoms with E-state index < -0.39 is 9.01 Å². The van der Waals surface area contributed by atoms with Gasteiger partial charge in [0, 0.05) is 56.4 Å². The number of hydrogen-bond donors (Lipinski definition) is 0. The Labute approximate surface area is 159 Å². The summed E-state index contributed by atoms with van der Waals surface area (Å²) in [6.07, 6.45) is 0. The number of quaternary nitrogens is 4. The van der Waals surface area contributed by atoms with E-state index >= 15 is 0 Å². The van der Waals surface area contributed by atoms with Crippen LogP contribution in [-0.2, 0) is 9.01 Å². The Bertz CT molecular complexity index is 287. The molecule has 1 fully saturated rings. The first kappa shape index (κ1) is 23.4. The molecule has 13 heteroatoms. The second-order valence-corrected chi connectivity index (χ2v) is 37.3. The first-order valence-corrected chi connectivity index (χ1v) is 17.4. The van der Waals surface area contributed by atoms with Gasteiger partial charge in [-0.25, -0.2) is 0 Å². The predicted octanol–water partition coefficient (Wildman–Crippen LogP) is -0.944. The van der Waals surface area contributed by atoms with Crippen LogP contribution >= 0.6 is 40.6 Å². The fourth-order valence-corrected chi connectivity index (χ4v) is 30.4. The van der Waals surface area contributed by atoms with E-state index in [4.69, 9.17) is 40.6 Å². The minimum atomic E-state index is -2.49. The van der Waals surface area contributed by atoms with Gasteiger partial charge >= 0.3 is 89.0 Å². The third-order valence-corrected chi connectivity index (χ3v) is 14.0. The molecule has 0 spiro atoms. The van der Waals surface area contributed by atoms with Gasteiger partial charge in [-0.05, 0) is 0 Å². The molecule has 0 aliphatic carbocycles. The van der Waals surface area contributed by atoms with E-state index in [1.54, 1.807) is 0 Å². The summed E-state index contributed by atoms with van der Waals surface area (Å²) in [5, 5.41) is 0. The van der Waals surface area contributed by atoms with Gasteiger partial charge in [0.15, 0.2) is 0 Å². The molecule has 1 aliphatic rings. The first-order chi connectivity index (χ1) is 8.83. The Balaban J connectivity index is 0.000000690. The molecule has 0 radical (unpaired) electrons. The van der Waals surface area contributed by atoms with Crippen LogP contribution in [-0.4, -0.2) is 111 Å². The van der Waals surface area contributed by atoms with Crippen molar-refractivity contribution in [3.05, 3.63) is 0 Å². The monoisotopic (exact) mass is 495 g/mol. The fraction of sp³-hybridized carbons (Fsp3) is 1.00. The van der Waals surface area contributed by atoms with Gasteiger partial charge in [-0.3, -0.25) is 0 Å². The molecule has 1 aliphatic heterocycles. The molecule has 133 valence electrons. The topological polar surface area (TPSA) is 0 Å². The summed E-state index contributed by atoms with van der Waals surface area (Å²) in [5.41, 5.74) is 0. The van der Waals surface area contributed by atoms with Crippen LogP contribution in [0.5, 0.6) is 0 Å². The second-order valence-electron chi connectivity index (χ2n) is 8.59. The number of rotatable bonds is 0.